The third kappa shape index (κ3) is 2.96. The molecule has 1 aliphatic heterocycles. The molecule has 24 heavy (non-hydrogen) atoms. The molecule has 0 bridgehead atoms. The van der Waals surface area contributed by atoms with Gasteiger partial charge in [-0.05, 0) is 36.1 Å². The van der Waals surface area contributed by atoms with Gasteiger partial charge in [-0.2, -0.15) is 0 Å². The van der Waals surface area contributed by atoms with E-state index in [0.717, 1.165) is 30.8 Å². The van der Waals surface area contributed by atoms with Gasteiger partial charge >= 0.3 is 0 Å². The number of amides is 1. The van der Waals surface area contributed by atoms with E-state index in [0.29, 0.717) is 30.2 Å². The number of aryl methyl sites for hydroxylation is 1. The van der Waals surface area contributed by atoms with Gasteiger partial charge < -0.3 is 10.6 Å². The number of thiophene rings is 1. The molecule has 3 unspecified atom stereocenters. The predicted molar refractivity (Wildman–Crippen MR) is 96.5 cm³/mol. The number of fused-ring (bicyclic) bond motifs is 2. The van der Waals surface area contributed by atoms with Gasteiger partial charge in [-0.25, -0.2) is 4.98 Å². The Hall–Kier alpha value is -1.44. The number of carbonyl (C=O) groups excluding carboxylic acids is 1. The molecule has 2 aliphatic rings. The summed E-state index contributed by atoms with van der Waals surface area (Å²) in [6.07, 6.45) is 4.10. The summed E-state index contributed by atoms with van der Waals surface area (Å²) in [4.78, 5) is 31.7. The van der Waals surface area contributed by atoms with Crippen molar-refractivity contribution in [1.29, 1.82) is 0 Å². The molecule has 0 radical (unpaired) electrons. The van der Waals surface area contributed by atoms with E-state index in [1.54, 1.807) is 12.4 Å². The highest BCUT2D eigenvalue weighted by molar-refractivity contribution is 7.16. The minimum atomic E-state index is -0.0654. The van der Waals surface area contributed by atoms with Gasteiger partial charge in [-0.1, -0.05) is 0 Å². The quantitative estimate of drug-likeness (QED) is 0.889. The lowest BCUT2D eigenvalue weighted by atomic mass is 9.98. The summed E-state index contributed by atoms with van der Waals surface area (Å²) >= 11 is 1.45. The molecule has 130 valence electrons. The van der Waals surface area contributed by atoms with Gasteiger partial charge in [-0.3, -0.25) is 14.2 Å². The Kier molecular flexibility index (Phi) is 4.94. The summed E-state index contributed by atoms with van der Waals surface area (Å²) in [6, 6.07) is 2.03. The minimum absolute atomic E-state index is 0. The van der Waals surface area contributed by atoms with Gasteiger partial charge in [0.2, 0.25) is 5.91 Å². The monoisotopic (exact) mass is 368 g/mol. The zero-order valence-corrected chi connectivity index (χ0v) is 14.9. The SMILES string of the molecule is Cl.NC1CCC2CN(C(=O)CCn3cnc4sccc4c3=O)CC12. The number of nitrogens with two attached hydrogens (primary N) is 1. The topological polar surface area (TPSA) is 81.2 Å². The largest absolute Gasteiger partial charge is 0.342 e. The molecule has 3 atom stereocenters. The number of likely N-dealkylation sites (tertiary alicyclic amines) is 1. The summed E-state index contributed by atoms with van der Waals surface area (Å²) < 4.78 is 1.54. The van der Waals surface area contributed by atoms with E-state index in [2.05, 4.69) is 4.98 Å². The van der Waals surface area contributed by atoms with Gasteiger partial charge in [0, 0.05) is 32.1 Å². The highest BCUT2D eigenvalue weighted by atomic mass is 35.5. The molecule has 0 spiro atoms. The van der Waals surface area contributed by atoms with Gasteiger partial charge in [0.1, 0.15) is 4.83 Å². The Morgan fingerprint density at radius 1 is 1.38 bits per heavy atom. The molecule has 3 heterocycles. The molecule has 4 rings (SSSR count). The minimum Gasteiger partial charge on any atom is -0.342 e. The van der Waals surface area contributed by atoms with Crippen molar-refractivity contribution in [2.75, 3.05) is 13.1 Å². The van der Waals surface area contributed by atoms with E-state index in [1.165, 1.54) is 15.9 Å². The van der Waals surface area contributed by atoms with Crippen LogP contribution in [0.1, 0.15) is 19.3 Å². The van der Waals surface area contributed by atoms with Gasteiger partial charge in [-0.15, -0.1) is 23.7 Å². The third-order valence-electron chi connectivity index (χ3n) is 5.28. The lowest BCUT2D eigenvalue weighted by molar-refractivity contribution is -0.130. The fourth-order valence-electron chi connectivity index (χ4n) is 3.94. The summed E-state index contributed by atoms with van der Waals surface area (Å²) in [5.41, 5.74) is 6.05. The number of hydrogen-bond acceptors (Lipinski definition) is 5. The first-order chi connectivity index (χ1) is 11.1. The van der Waals surface area contributed by atoms with Crippen molar-refractivity contribution in [3.05, 3.63) is 28.1 Å². The Balaban J connectivity index is 0.00000169. The standard InChI is InChI=1S/C16H20N4O2S.ClH/c17-13-2-1-10-7-20(8-12(10)13)14(21)3-5-19-9-18-15-11(16(19)22)4-6-23-15;/h4,6,9-10,12-13H,1-3,5,7-8,17H2;1H. The smallest absolute Gasteiger partial charge is 0.262 e. The Morgan fingerprint density at radius 2 is 2.21 bits per heavy atom. The first kappa shape index (κ1) is 17.4. The summed E-state index contributed by atoms with van der Waals surface area (Å²) in [5, 5.41) is 2.49. The fourth-order valence-corrected chi connectivity index (χ4v) is 4.66. The molecule has 1 amide bonds. The number of rotatable bonds is 3. The second kappa shape index (κ2) is 6.82. The van der Waals surface area contributed by atoms with Crippen molar-refractivity contribution in [2.45, 2.75) is 31.8 Å². The van der Waals surface area contributed by atoms with Crippen LogP contribution in [0.25, 0.3) is 10.2 Å². The molecule has 2 aromatic heterocycles. The molecule has 6 nitrogen and oxygen atoms in total. The van der Waals surface area contributed by atoms with Gasteiger partial charge in [0.25, 0.3) is 5.56 Å². The molecule has 1 saturated carbocycles. The lowest BCUT2D eigenvalue weighted by Crippen LogP contribution is -2.34. The molecule has 2 fully saturated rings. The zero-order chi connectivity index (χ0) is 16.0. The van der Waals surface area contributed by atoms with Crippen LogP contribution < -0.4 is 11.3 Å². The van der Waals surface area contributed by atoms with E-state index in [9.17, 15) is 9.59 Å². The third-order valence-corrected chi connectivity index (χ3v) is 6.10. The van der Waals surface area contributed by atoms with Crippen LogP contribution in [0, 0.1) is 11.8 Å². The van der Waals surface area contributed by atoms with Crippen molar-refractivity contribution in [3.63, 3.8) is 0 Å². The number of hydrogen-bond donors (Lipinski definition) is 1. The second-order valence-corrected chi connectivity index (χ2v) is 7.49. The second-order valence-electron chi connectivity index (χ2n) is 6.60. The first-order valence-corrected chi connectivity index (χ1v) is 8.97. The number of aromatic nitrogens is 2. The maximum absolute atomic E-state index is 12.4. The normalized spacial score (nSPS) is 25.7. The summed E-state index contributed by atoms with van der Waals surface area (Å²) in [6.45, 7) is 1.99. The predicted octanol–water partition coefficient (Wildman–Crippen LogP) is 1.47. The van der Waals surface area contributed by atoms with Crippen LogP contribution >= 0.6 is 23.7 Å². The van der Waals surface area contributed by atoms with Crippen LogP contribution in [-0.2, 0) is 11.3 Å². The Bertz CT molecular complexity index is 805. The highest BCUT2D eigenvalue weighted by Crippen LogP contribution is 2.37. The molecule has 2 aromatic rings. The highest BCUT2D eigenvalue weighted by Gasteiger charge is 2.42. The maximum atomic E-state index is 12.4. The molecular formula is C16H21ClN4O2S. The molecule has 2 N–H and O–H groups in total. The number of carbonyl (C=O) groups is 1. The van der Waals surface area contributed by atoms with Crippen molar-refractivity contribution < 1.29 is 4.79 Å². The van der Waals surface area contributed by atoms with Crippen molar-refractivity contribution in [2.24, 2.45) is 17.6 Å². The number of halogens is 1. The van der Waals surface area contributed by atoms with Crippen molar-refractivity contribution >= 4 is 39.9 Å². The summed E-state index contributed by atoms with van der Waals surface area (Å²) in [7, 11) is 0. The van der Waals surface area contributed by atoms with Crippen molar-refractivity contribution in [1.82, 2.24) is 14.5 Å². The van der Waals surface area contributed by atoms with E-state index in [-0.39, 0.29) is 29.9 Å². The Morgan fingerprint density at radius 3 is 3.00 bits per heavy atom. The van der Waals surface area contributed by atoms with E-state index in [4.69, 9.17) is 5.73 Å². The van der Waals surface area contributed by atoms with Crippen molar-refractivity contribution in [3.8, 4) is 0 Å². The van der Waals surface area contributed by atoms with Crippen LogP contribution in [0.5, 0.6) is 0 Å². The first-order valence-electron chi connectivity index (χ1n) is 8.09. The lowest BCUT2D eigenvalue weighted by Gasteiger charge is -2.19. The van der Waals surface area contributed by atoms with Crippen LogP contribution in [-0.4, -0.2) is 39.5 Å². The molecule has 1 aliphatic carbocycles. The maximum Gasteiger partial charge on any atom is 0.262 e. The van der Waals surface area contributed by atoms with Crippen LogP contribution in [0.4, 0.5) is 0 Å². The van der Waals surface area contributed by atoms with E-state index >= 15 is 0 Å². The molecular weight excluding hydrogens is 348 g/mol. The average Bonchev–Trinajstić information content (AvgIpc) is 3.24. The zero-order valence-electron chi connectivity index (χ0n) is 13.3. The molecule has 0 aromatic carbocycles. The Labute approximate surface area is 150 Å². The van der Waals surface area contributed by atoms with Crippen LogP contribution in [0.15, 0.2) is 22.6 Å². The van der Waals surface area contributed by atoms with Crippen LogP contribution in [0.2, 0.25) is 0 Å². The molecule has 1 saturated heterocycles. The van der Waals surface area contributed by atoms with Gasteiger partial charge in [0.15, 0.2) is 0 Å². The van der Waals surface area contributed by atoms with Gasteiger partial charge in [0.05, 0.1) is 11.7 Å². The average molecular weight is 369 g/mol. The summed E-state index contributed by atoms with van der Waals surface area (Å²) in [5.74, 6) is 1.15. The fraction of sp³-hybridized carbons (Fsp3) is 0.562. The van der Waals surface area contributed by atoms with Crippen LogP contribution in [0.3, 0.4) is 0 Å². The van der Waals surface area contributed by atoms with E-state index < -0.39 is 0 Å². The number of nitrogens with zero attached hydrogens (tertiary/aromatic N) is 3. The molecule has 8 heteroatoms. The van der Waals surface area contributed by atoms with E-state index in [1.807, 2.05) is 10.3 Å².